The first-order valence-corrected chi connectivity index (χ1v) is 8.41. The van der Waals surface area contributed by atoms with Gasteiger partial charge >= 0.3 is 0 Å². The summed E-state index contributed by atoms with van der Waals surface area (Å²) in [5.41, 5.74) is 1.21. The van der Waals surface area contributed by atoms with Gasteiger partial charge in [0.15, 0.2) is 0 Å². The molecular weight excluding hydrogens is 314 g/mol. The van der Waals surface area contributed by atoms with Gasteiger partial charge in [-0.15, -0.1) is 11.3 Å². The zero-order valence-corrected chi connectivity index (χ0v) is 13.4. The number of piperazine rings is 1. The summed E-state index contributed by atoms with van der Waals surface area (Å²) in [6.45, 7) is 4.12. The minimum absolute atomic E-state index is 0.120. The molecule has 1 saturated heterocycles. The third-order valence-electron chi connectivity index (χ3n) is 4.09. The van der Waals surface area contributed by atoms with Gasteiger partial charge in [-0.1, -0.05) is 6.07 Å². The van der Waals surface area contributed by atoms with E-state index in [1.54, 1.807) is 12.1 Å². The Balaban J connectivity index is 1.53. The van der Waals surface area contributed by atoms with Crippen LogP contribution in [0.4, 0.5) is 5.69 Å². The highest BCUT2D eigenvalue weighted by molar-refractivity contribution is 7.12. The average Bonchev–Trinajstić information content (AvgIpc) is 3.10. The molecule has 0 spiro atoms. The van der Waals surface area contributed by atoms with E-state index in [0.29, 0.717) is 0 Å². The summed E-state index contributed by atoms with van der Waals surface area (Å²) in [5.74, 6) is 0.120. The van der Waals surface area contributed by atoms with E-state index < -0.39 is 0 Å². The SMILES string of the molecule is O=C(c1cccs1)N1CC[NH+](Cc2ccc([N+](=O)[O-])cc2)CC1. The second-order valence-electron chi connectivity index (χ2n) is 5.62. The van der Waals surface area contributed by atoms with Crippen LogP contribution in [0.1, 0.15) is 15.2 Å². The van der Waals surface area contributed by atoms with Gasteiger partial charge in [-0.2, -0.15) is 0 Å². The number of nitro groups is 1. The predicted molar refractivity (Wildman–Crippen MR) is 87.7 cm³/mol. The van der Waals surface area contributed by atoms with Crippen molar-refractivity contribution in [2.75, 3.05) is 26.2 Å². The molecule has 1 amide bonds. The number of nitrogens with zero attached hydrogens (tertiary/aromatic N) is 2. The van der Waals surface area contributed by atoms with E-state index in [9.17, 15) is 14.9 Å². The molecule has 23 heavy (non-hydrogen) atoms. The topological polar surface area (TPSA) is 67.9 Å². The van der Waals surface area contributed by atoms with Crippen molar-refractivity contribution in [2.24, 2.45) is 0 Å². The number of nitro benzene ring substituents is 1. The van der Waals surface area contributed by atoms with Crippen molar-refractivity contribution in [3.63, 3.8) is 0 Å². The fraction of sp³-hybridized carbons (Fsp3) is 0.312. The molecule has 0 bridgehead atoms. The van der Waals surface area contributed by atoms with Gasteiger partial charge in [0.1, 0.15) is 6.54 Å². The quantitative estimate of drug-likeness (QED) is 0.676. The number of rotatable bonds is 4. The molecule has 0 aliphatic carbocycles. The minimum atomic E-state index is -0.383. The Morgan fingerprint density at radius 1 is 1.22 bits per heavy atom. The Labute approximate surface area is 138 Å². The lowest BCUT2D eigenvalue weighted by atomic mass is 10.2. The van der Waals surface area contributed by atoms with Gasteiger partial charge in [0.25, 0.3) is 11.6 Å². The molecule has 6 nitrogen and oxygen atoms in total. The van der Waals surface area contributed by atoms with Gasteiger partial charge in [-0.05, 0) is 23.6 Å². The average molecular weight is 332 g/mol. The van der Waals surface area contributed by atoms with Crippen LogP contribution in [0.15, 0.2) is 41.8 Å². The summed E-state index contributed by atoms with van der Waals surface area (Å²) in [7, 11) is 0. The number of amides is 1. The molecule has 0 radical (unpaired) electrons. The van der Waals surface area contributed by atoms with E-state index in [1.165, 1.54) is 16.2 Å². The molecule has 120 valence electrons. The molecule has 2 aromatic rings. The molecule has 0 unspecified atom stereocenters. The van der Waals surface area contributed by atoms with Crippen molar-refractivity contribution in [3.05, 3.63) is 62.3 Å². The fourth-order valence-corrected chi connectivity index (χ4v) is 3.47. The largest absolute Gasteiger partial charge is 0.328 e. The number of quaternary nitrogens is 1. The molecule has 3 rings (SSSR count). The number of hydrogen-bond acceptors (Lipinski definition) is 4. The predicted octanol–water partition coefficient (Wildman–Crippen LogP) is 1.20. The summed E-state index contributed by atoms with van der Waals surface area (Å²) in [6, 6.07) is 10.5. The third-order valence-corrected chi connectivity index (χ3v) is 4.95. The molecule has 1 aromatic carbocycles. The van der Waals surface area contributed by atoms with Crippen molar-refractivity contribution in [2.45, 2.75) is 6.54 Å². The highest BCUT2D eigenvalue weighted by atomic mass is 32.1. The maximum Gasteiger partial charge on any atom is 0.269 e. The maximum atomic E-state index is 12.3. The highest BCUT2D eigenvalue weighted by Crippen LogP contribution is 2.13. The second-order valence-corrected chi connectivity index (χ2v) is 6.57. The van der Waals surface area contributed by atoms with Gasteiger partial charge in [0, 0.05) is 17.7 Å². The van der Waals surface area contributed by atoms with E-state index >= 15 is 0 Å². The van der Waals surface area contributed by atoms with Crippen molar-refractivity contribution < 1.29 is 14.6 Å². The number of carbonyl (C=O) groups is 1. The number of thiophene rings is 1. The van der Waals surface area contributed by atoms with E-state index in [-0.39, 0.29) is 16.5 Å². The maximum absolute atomic E-state index is 12.3. The van der Waals surface area contributed by atoms with Crippen molar-refractivity contribution in [3.8, 4) is 0 Å². The zero-order chi connectivity index (χ0) is 16.2. The molecule has 0 atom stereocenters. The van der Waals surface area contributed by atoms with Gasteiger partial charge < -0.3 is 9.80 Å². The van der Waals surface area contributed by atoms with Crippen LogP contribution in [0.2, 0.25) is 0 Å². The normalized spacial score (nSPS) is 15.6. The summed E-state index contributed by atoms with van der Waals surface area (Å²) in [5, 5.41) is 12.6. The summed E-state index contributed by atoms with van der Waals surface area (Å²) < 4.78 is 0. The van der Waals surface area contributed by atoms with Gasteiger partial charge in [-0.25, -0.2) is 0 Å². The molecule has 1 aliphatic rings. The minimum Gasteiger partial charge on any atom is -0.328 e. The molecule has 0 saturated carbocycles. The van der Waals surface area contributed by atoms with Crippen molar-refractivity contribution >= 4 is 22.9 Å². The number of non-ortho nitro benzene ring substituents is 1. The van der Waals surface area contributed by atoms with Crippen LogP contribution < -0.4 is 4.90 Å². The first-order chi connectivity index (χ1) is 11.1. The van der Waals surface area contributed by atoms with Gasteiger partial charge in [0.2, 0.25) is 0 Å². The van der Waals surface area contributed by atoms with Crippen LogP contribution in [0.25, 0.3) is 0 Å². The first kappa shape index (κ1) is 15.6. The number of carbonyl (C=O) groups excluding carboxylic acids is 1. The molecule has 7 heteroatoms. The molecule has 2 heterocycles. The smallest absolute Gasteiger partial charge is 0.269 e. The molecule has 1 fully saturated rings. The number of hydrogen-bond donors (Lipinski definition) is 1. The van der Waals surface area contributed by atoms with Crippen LogP contribution in [0.3, 0.4) is 0 Å². The lowest BCUT2D eigenvalue weighted by Gasteiger charge is -2.32. The van der Waals surface area contributed by atoms with Crippen LogP contribution in [-0.4, -0.2) is 41.9 Å². The molecule has 1 N–H and O–H groups in total. The molecular formula is C16H18N3O3S+. The fourth-order valence-electron chi connectivity index (χ4n) is 2.78. The van der Waals surface area contributed by atoms with E-state index in [2.05, 4.69) is 0 Å². The summed E-state index contributed by atoms with van der Waals surface area (Å²) in [6.07, 6.45) is 0. The van der Waals surface area contributed by atoms with Crippen LogP contribution >= 0.6 is 11.3 Å². The zero-order valence-electron chi connectivity index (χ0n) is 12.6. The monoisotopic (exact) mass is 332 g/mol. The van der Waals surface area contributed by atoms with Gasteiger partial charge in [-0.3, -0.25) is 14.9 Å². The Kier molecular flexibility index (Phi) is 4.68. The van der Waals surface area contributed by atoms with Gasteiger partial charge in [0.05, 0.1) is 36.0 Å². The number of benzene rings is 1. The first-order valence-electron chi connectivity index (χ1n) is 7.53. The van der Waals surface area contributed by atoms with E-state index in [1.807, 2.05) is 34.5 Å². The van der Waals surface area contributed by atoms with Crippen LogP contribution in [0, 0.1) is 10.1 Å². The number of nitrogens with one attached hydrogen (secondary N) is 1. The lowest BCUT2D eigenvalue weighted by Crippen LogP contribution is -3.13. The summed E-state index contributed by atoms with van der Waals surface area (Å²) in [4.78, 5) is 26.7. The Hall–Kier alpha value is -2.25. The standard InChI is InChI=1S/C16H17N3O3S/c20-16(15-2-1-11-23-15)18-9-7-17(8-10-18)12-13-3-5-14(6-4-13)19(21)22/h1-6,11H,7-10,12H2/p+1. The van der Waals surface area contributed by atoms with Crippen molar-refractivity contribution in [1.29, 1.82) is 0 Å². The molecule has 1 aromatic heterocycles. The van der Waals surface area contributed by atoms with Crippen molar-refractivity contribution in [1.82, 2.24) is 4.90 Å². The van der Waals surface area contributed by atoms with Crippen LogP contribution in [0.5, 0.6) is 0 Å². The lowest BCUT2D eigenvalue weighted by molar-refractivity contribution is -0.917. The van der Waals surface area contributed by atoms with Crippen LogP contribution in [-0.2, 0) is 6.54 Å². The second kappa shape index (κ2) is 6.89. The summed E-state index contributed by atoms with van der Waals surface area (Å²) >= 11 is 1.48. The third kappa shape index (κ3) is 3.75. The van der Waals surface area contributed by atoms with E-state index in [0.717, 1.165) is 43.2 Å². The Bertz CT molecular complexity index is 677. The Morgan fingerprint density at radius 2 is 1.91 bits per heavy atom. The molecule has 1 aliphatic heterocycles. The van der Waals surface area contributed by atoms with E-state index in [4.69, 9.17) is 0 Å². The Morgan fingerprint density at radius 3 is 2.48 bits per heavy atom. The highest BCUT2D eigenvalue weighted by Gasteiger charge is 2.25.